The van der Waals surface area contributed by atoms with E-state index in [1.165, 1.54) is 12.1 Å². The van der Waals surface area contributed by atoms with Crippen molar-refractivity contribution in [3.63, 3.8) is 0 Å². The minimum atomic E-state index is -0.852. The van der Waals surface area contributed by atoms with Crippen LogP contribution in [0.3, 0.4) is 0 Å². The number of amides is 4. The van der Waals surface area contributed by atoms with Gasteiger partial charge in [-0.05, 0) is 68.7 Å². The van der Waals surface area contributed by atoms with Gasteiger partial charge in [0.05, 0.1) is 5.92 Å². The van der Waals surface area contributed by atoms with Crippen LogP contribution in [0.4, 0.5) is 9.18 Å². The number of benzene rings is 1. The second kappa shape index (κ2) is 8.81. The Balaban J connectivity index is 1.23. The van der Waals surface area contributed by atoms with Crippen molar-refractivity contribution in [2.75, 3.05) is 19.6 Å². The zero-order valence-corrected chi connectivity index (χ0v) is 19.1. The van der Waals surface area contributed by atoms with Gasteiger partial charge < -0.3 is 14.7 Å². The molecule has 9 nitrogen and oxygen atoms in total. The lowest BCUT2D eigenvalue weighted by Gasteiger charge is -2.34. The van der Waals surface area contributed by atoms with Crippen LogP contribution in [0, 0.1) is 11.7 Å². The number of imide groups is 1. The number of aromatic nitrogens is 2. The summed E-state index contributed by atoms with van der Waals surface area (Å²) in [6.07, 6.45) is 4.51. The molecule has 1 atom stereocenters. The molecule has 2 saturated heterocycles. The lowest BCUT2D eigenvalue weighted by Crippen LogP contribution is -2.50. The highest BCUT2D eigenvalue weighted by atomic mass is 19.1. The number of rotatable bonds is 4. The molecule has 4 amide bonds. The van der Waals surface area contributed by atoms with Gasteiger partial charge >= 0.3 is 6.03 Å². The van der Waals surface area contributed by atoms with E-state index in [0.717, 1.165) is 30.6 Å². The van der Waals surface area contributed by atoms with Crippen LogP contribution in [-0.2, 0) is 9.59 Å². The Hall–Kier alpha value is -3.30. The molecule has 0 radical (unpaired) electrons. The van der Waals surface area contributed by atoms with Crippen LogP contribution < -0.4 is 5.32 Å². The van der Waals surface area contributed by atoms with Gasteiger partial charge in [0.1, 0.15) is 17.9 Å². The molecule has 180 valence electrons. The van der Waals surface area contributed by atoms with Crippen molar-refractivity contribution in [3.05, 3.63) is 36.0 Å². The SMILES string of the molecule is CC1CCC2(CC1)NC(=O)N(CC(=O)N1CCC[C@H](c3nc(-c4ccc(F)cc4)no3)C1)C2=O. The molecule has 3 heterocycles. The van der Waals surface area contributed by atoms with Crippen LogP contribution in [0.25, 0.3) is 11.4 Å². The predicted octanol–water partition coefficient (Wildman–Crippen LogP) is 3.08. The maximum atomic E-state index is 13.2. The first kappa shape index (κ1) is 22.5. The lowest BCUT2D eigenvalue weighted by atomic mass is 9.77. The summed E-state index contributed by atoms with van der Waals surface area (Å²) >= 11 is 0. The van der Waals surface area contributed by atoms with Crippen LogP contribution in [0.1, 0.15) is 57.3 Å². The van der Waals surface area contributed by atoms with Crippen LogP contribution in [0.5, 0.6) is 0 Å². The molecular formula is C24H28FN5O4. The van der Waals surface area contributed by atoms with E-state index >= 15 is 0 Å². The standard InChI is InChI=1S/C24H28FN5O4/c1-15-8-10-24(11-9-15)22(32)30(23(33)27-24)14-19(31)29-12-2-3-17(13-29)21-26-20(28-34-21)16-4-6-18(25)7-5-16/h4-7,15,17H,2-3,8-14H2,1H3,(H,27,33)/t15?,17-,24?/m0/s1. The second-order valence-electron chi connectivity index (χ2n) is 9.73. The van der Waals surface area contributed by atoms with Crippen molar-refractivity contribution < 1.29 is 23.3 Å². The summed E-state index contributed by atoms with van der Waals surface area (Å²) in [4.78, 5) is 45.9. The zero-order valence-electron chi connectivity index (χ0n) is 19.1. The number of carbonyl (C=O) groups excluding carboxylic acids is 3. The summed E-state index contributed by atoms with van der Waals surface area (Å²) in [5, 5.41) is 6.86. The molecule has 0 unspecified atom stereocenters. The number of piperidine rings is 1. The Morgan fingerprint density at radius 3 is 2.68 bits per heavy atom. The fourth-order valence-corrected chi connectivity index (χ4v) is 5.17. The summed E-state index contributed by atoms with van der Waals surface area (Å²) in [5.74, 6) is 0.271. The molecule has 1 aromatic heterocycles. The van der Waals surface area contributed by atoms with Crippen LogP contribution in [0.15, 0.2) is 28.8 Å². The number of nitrogens with zero attached hydrogens (tertiary/aromatic N) is 4. The van der Waals surface area contributed by atoms with Gasteiger partial charge in [-0.25, -0.2) is 9.18 Å². The third-order valence-electron chi connectivity index (χ3n) is 7.33. The van der Waals surface area contributed by atoms with Gasteiger partial charge in [0, 0.05) is 18.7 Å². The summed E-state index contributed by atoms with van der Waals surface area (Å²) < 4.78 is 18.6. The van der Waals surface area contributed by atoms with Crippen molar-refractivity contribution >= 4 is 17.8 Å². The number of hydrogen-bond donors (Lipinski definition) is 1. The van der Waals surface area contributed by atoms with E-state index in [-0.39, 0.29) is 30.1 Å². The van der Waals surface area contributed by atoms with Gasteiger partial charge in [-0.15, -0.1) is 0 Å². The van der Waals surface area contributed by atoms with E-state index in [2.05, 4.69) is 22.4 Å². The van der Waals surface area contributed by atoms with E-state index in [1.54, 1.807) is 17.0 Å². The summed E-state index contributed by atoms with van der Waals surface area (Å²) in [6.45, 7) is 2.80. The third-order valence-corrected chi connectivity index (χ3v) is 7.33. The van der Waals surface area contributed by atoms with E-state index in [1.807, 2.05) is 0 Å². The van der Waals surface area contributed by atoms with Crippen molar-refractivity contribution in [1.29, 1.82) is 0 Å². The van der Waals surface area contributed by atoms with Crippen LogP contribution in [0.2, 0.25) is 0 Å². The molecule has 2 aliphatic heterocycles. The Morgan fingerprint density at radius 2 is 1.94 bits per heavy atom. The fourth-order valence-electron chi connectivity index (χ4n) is 5.17. The van der Waals surface area contributed by atoms with Gasteiger partial charge in [0.2, 0.25) is 17.6 Å². The van der Waals surface area contributed by atoms with E-state index in [0.29, 0.717) is 49.1 Å². The Bertz CT molecular complexity index is 1090. The van der Waals surface area contributed by atoms with Gasteiger partial charge in [0.15, 0.2) is 0 Å². The average molecular weight is 470 g/mol. The molecule has 3 fully saturated rings. The monoisotopic (exact) mass is 469 g/mol. The molecule has 10 heteroatoms. The predicted molar refractivity (Wildman–Crippen MR) is 119 cm³/mol. The van der Waals surface area contributed by atoms with Crippen LogP contribution in [-0.4, -0.2) is 63.0 Å². The largest absolute Gasteiger partial charge is 0.340 e. The number of carbonyl (C=O) groups is 3. The first-order chi connectivity index (χ1) is 16.3. The molecule has 1 saturated carbocycles. The maximum absolute atomic E-state index is 13.2. The Morgan fingerprint density at radius 1 is 1.21 bits per heavy atom. The van der Waals surface area contributed by atoms with Crippen LogP contribution >= 0.6 is 0 Å². The zero-order chi connectivity index (χ0) is 23.9. The van der Waals surface area contributed by atoms with Crippen molar-refractivity contribution in [2.45, 2.75) is 56.9 Å². The number of hydrogen-bond acceptors (Lipinski definition) is 6. The van der Waals surface area contributed by atoms with Crippen molar-refractivity contribution in [3.8, 4) is 11.4 Å². The van der Waals surface area contributed by atoms with E-state index in [4.69, 9.17) is 4.52 Å². The second-order valence-corrected chi connectivity index (χ2v) is 9.73. The molecule has 1 N–H and O–H groups in total. The van der Waals surface area contributed by atoms with Gasteiger partial charge in [-0.2, -0.15) is 4.98 Å². The summed E-state index contributed by atoms with van der Waals surface area (Å²) in [7, 11) is 0. The highest BCUT2D eigenvalue weighted by Gasteiger charge is 2.52. The first-order valence-corrected chi connectivity index (χ1v) is 11.9. The van der Waals surface area contributed by atoms with Gasteiger partial charge in [0.25, 0.3) is 5.91 Å². The van der Waals surface area contributed by atoms with Crippen molar-refractivity contribution in [1.82, 2.24) is 25.3 Å². The Kier molecular flexibility index (Phi) is 5.83. The Labute approximate surface area is 196 Å². The highest BCUT2D eigenvalue weighted by molar-refractivity contribution is 6.09. The topological polar surface area (TPSA) is 109 Å². The fraction of sp³-hybridized carbons (Fsp3) is 0.542. The molecule has 1 spiro atoms. The minimum absolute atomic E-state index is 0.145. The summed E-state index contributed by atoms with van der Waals surface area (Å²) in [5.41, 5.74) is -0.209. The molecule has 2 aromatic rings. The van der Waals surface area contributed by atoms with E-state index in [9.17, 15) is 18.8 Å². The molecule has 1 aliphatic carbocycles. The number of nitrogens with one attached hydrogen (secondary N) is 1. The molecular weight excluding hydrogens is 441 g/mol. The number of urea groups is 1. The van der Waals surface area contributed by atoms with E-state index < -0.39 is 11.6 Å². The minimum Gasteiger partial charge on any atom is -0.340 e. The smallest absolute Gasteiger partial charge is 0.325 e. The maximum Gasteiger partial charge on any atom is 0.325 e. The third kappa shape index (κ3) is 4.17. The van der Waals surface area contributed by atoms with Gasteiger partial charge in [-0.3, -0.25) is 14.5 Å². The first-order valence-electron chi connectivity index (χ1n) is 11.9. The van der Waals surface area contributed by atoms with Crippen molar-refractivity contribution in [2.24, 2.45) is 5.92 Å². The number of likely N-dealkylation sites (tertiary alicyclic amines) is 1. The molecule has 3 aliphatic rings. The summed E-state index contributed by atoms with van der Waals surface area (Å²) in [6, 6.07) is 5.35. The highest BCUT2D eigenvalue weighted by Crippen LogP contribution is 2.36. The average Bonchev–Trinajstić information content (AvgIpc) is 3.42. The quantitative estimate of drug-likeness (QED) is 0.690. The number of halogens is 1. The van der Waals surface area contributed by atoms with Gasteiger partial charge in [-0.1, -0.05) is 12.1 Å². The molecule has 5 rings (SSSR count). The molecule has 34 heavy (non-hydrogen) atoms. The normalized spacial score (nSPS) is 27.4. The molecule has 1 aromatic carbocycles. The molecule has 0 bridgehead atoms. The lowest BCUT2D eigenvalue weighted by molar-refractivity contribution is -0.140.